The summed E-state index contributed by atoms with van der Waals surface area (Å²) in [4.78, 5) is 30.6. The third-order valence-corrected chi connectivity index (χ3v) is 3.89. The first kappa shape index (κ1) is 17.1. The average Bonchev–Trinajstić information content (AvgIpc) is 2.44. The van der Waals surface area contributed by atoms with Crippen LogP contribution in [-0.4, -0.2) is 31.5 Å². The van der Waals surface area contributed by atoms with Gasteiger partial charge in [-0.05, 0) is 23.8 Å². The lowest BCUT2D eigenvalue weighted by Gasteiger charge is -2.18. The Bertz CT molecular complexity index is 774. The quantitative estimate of drug-likeness (QED) is 0.625. The first-order valence-corrected chi connectivity index (χ1v) is 8.33. The van der Waals surface area contributed by atoms with Crippen LogP contribution in [0.1, 0.15) is 24.8 Å². The zero-order chi connectivity index (χ0) is 17.2. The number of aromatic hydroxyl groups is 1. The van der Waals surface area contributed by atoms with E-state index < -0.39 is 19.4 Å². The molecule has 0 fully saturated rings. The predicted octanol–water partition coefficient (Wildman–Crippen LogP) is 2.37. The lowest BCUT2D eigenvalue weighted by molar-refractivity contribution is -0.116. The summed E-state index contributed by atoms with van der Waals surface area (Å²) in [5.41, 5.74) is 0.141. The monoisotopic (exact) mass is 337 g/mol. The van der Waals surface area contributed by atoms with E-state index in [0.717, 1.165) is 0 Å². The molecule has 0 saturated heterocycles. The van der Waals surface area contributed by atoms with Gasteiger partial charge in [-0.15, -0.1) is 0 Å². The lowest BCUT2D eigenvalue weighted by atomic mass is 9.87. The van der Waals surface area contributed by atoms with Gasteiger partial charge in [0.1, 0.15) is 11.5 Å². The maximum absolute atomic E-state index is 12.6. The van der Waals surface area contributed by atoms with Crippen molar-refractivity contribution in [2.24, 2.45) is 4.76 Å². The highest BCUT2D eigenvalue weighted by atomic mass is 31.2. The number of phenols is 1. The van der Waals surface area contributed by atoms with E-state index in [0.29, 0.717) is 5.56 Å². The van der Waals surface area contributed by atoms with Crippen LogP contribution in [-0.2, 0) is 9.36 Å². The number of allylic oxidation sites excluding steroid dienone is 3. The zero-order valence-electron chi connectivity index (χ0n) is 12.2. The van der Waals surface area contributed by atoms with Crippen LogP contribution in [0.25, 0.3) is 0 Å². The van der Waals surface area contributed by atoms with Gasteiger partial charge in [-0.1, -0.05) is 25.1 Å². The number of ketones is 1. The standard InChI is InChI=1S/C15H16NO6P/c1-9(10-4-2-5-11(17)8-10)15(19)14-12(16-23(20,21)22)6-3-7-13(14)18/h2-5,7-9,17-18H,6H2,1H3,(H2,20,21,22). The van der Waals surface area contributed by atoms with Crippen molar-refractivity contribution in [3.63, 3.8) is 0 Å². The Hall–Kier alpha value is -2.21. The van der Waals surface area contributed by atoms with Crippen molar-refractivity contribution in [2.75, 3.05) is 0 Å². The van der Waals surface area contributed by atoms with Crippen LogP contribution in [0.15, 0.2) is 52.5 Å². The minimum atomic E-state index is -4.73. The summed E-state index contributed by atoms with van der Waals surface area (Å²) >= 11 is 0. The van der Waals surface area contributed by atoms with E-state index in [1.165, 1.54) is 24.3 Å². The smallest absolute Gasteiger partial charge is 0.448 e. The molecule has 1 aromatic rings. The molecule has 0 saturated carbocycles. The van der Waals surface area contributed by atoms with Crippen molar-refractivity contribution < 1.29 is 29.4 Å². The van der Waals surface area contributed by atoms with Gasteiger partial charge < -0.3 is 20.0 Å². The number of aliphatic hydroxyl groups is 1. The Morgan fingerprint density at radius 2 is 2.00 bits per heavy atom. The maximum atomic E-state index is 12.6. The third kappa shape index (κ3) is 4.16. The van der Waals surface area contributed by atoms with E-state index in [-0.39, 0.29) is 29.2 Å². The summed E-state index contributed by atoms with van der Waals surface area (Å²) in [5, 5.41) is 19.4. The molecule has 8 heteroatoms. The molecule has 0 bridgehead atoms. The molecule has 0 heterocycles. The van der Waals surface area contributed by atoms with Crippen LogP contribution in [0, 0.1) is 0 Å². The van der Waals surface area contributed by atoms with Gasteiger partial charge in [-0.25, -0.2) is 4.57 Å². The summed E-state index contributed by atoms with van der Waals surface area (Å²) in [5.74, 6) is -1.66. The van der Waals surface area contributed by atoms with E-state index >= 15 is 0 Å². The van der Waals surface area contributed by atoms with Crippen LogP contribution in [0.3, 0.4) is 0 Å². The van der Waals surface area contributed by atoms with Crippen LogP contribution in [0.4, 0.5) is 0 Å². The van der Waals surface area contributed by atoms with Crippen molar-refractivity contribution in [2.45, 2.75) is 19.3 Å². The number of benzene rings is 1. The van der Waals surface area contributed by atoms with Crippen LogP contribution >= 0.6 is 7.75 Å². The summed E-state index contributed by atoms with van der Waals surface area (Å²) in [6, 6.07) is 6.09. The van der Waals surface area contributed by atoms with E-state index in [1.54, 1.807) is 19.1 Å². The SMILES string of the molecule is CC(C(=O)C1=C(O)C=CCC1=NP(=O)(O)O)c1cccc(O)c1. The number of aliphatic hydroxyl groups excluding tert-OH is 1. The van der Waals surface area contributed by atoms with Crippen LogP contribution in [0.5, 0.6) is 5.75 Å². The molecule has 0 spiro atoms. The molecule has 122 valence electrons. The first-order chi connectivity index (χ1) is 10.7. The number of carbonyl (C=O) groups is 1. The number of hydrogen-bond donors (Lipinski definition) is 4. The van der Waals surface area contributed by atoms with Gasteiger partial charge >= 0.3 is 7.75 Å². The molecule has 1 aliphatic rings. The van der Waals surface area contributed by atoms with Crippen molar-refractivity contribution in [3.8, 4) is 5.75 Å². The van der Waals surface area contributed by atoms with E-state index in [4.69, 9.17) is 9.79 Å². The Morgan fingerprint density at radius 3 is 2.61 bits per heavy atom. The van der Waals surface area contributed by atoms with E-state index in [1.807, 2.05) is 0 Å². The summed E-state index contributed by atoms with van der Waals surface area (Å²) in [6.45, 7) is 1.57. The highest BCUT2D eigenvalue weighted by Gasteiger charge is 2.29. The zero-order valence-corrected chi connectivity index (χ0v) is 13.1. The minimum absolute atomic E-state index is 0.00648. The maximum Gasteiger partial charge on any atom is 0.448 e. The molecule has 1 aliphatic carbocycles. The molecule has 1 unspecified atom stereocenters. The van der Waals surface area contributed by atoms with Crippen molar-refractivity contribution >= 4 is 19.2 Å². The molecule has 0 aliphatic heterocycles. The highest BCUT2D eigenvalue weighted by Crippen LogP contribution is 2.39. The number of phenolic OH excluding ortho intramolecular Hbond substituents is 1. The number of Topliss-reactive ketones (excluding diaryl/α,β-unsaturated/α-hetero) is 1. The molecule has 7 nitrogen and oxygen atoms in total. The van der Waals surface area contributed by atoms with Gasteiger partial charge in [-0.3, -0.25) is 4.79 Å². The second kappa shape index (κ2) is 6.50. The van der Waals surface area contributed by atoms with Crippen molar-refractivity contribution in [3.05, 3.63) is 53.3 Å². The Labute approximate surface area is 132 Å². The van der Waals surface area contributed by atoms with Crippen molar-refractivity contribution in [1.29, 1.82) is 0 Å². The van der Waals surface area contributed by atoms with Gasteiger partial charge in [0.2, 0.25) is 0 Å². The van der Waals surface area contributed by atoms with Gasteiger partial charge in [0.05, 0.1) is 11.3 Å². The molecule has 23 heavy (non-hydrogen) atoms. The average molecular weight is 337 g/mol. The third-order valence-electron chi connectivity index (χ3n) is 3.39. The molecule has 0 amide bonds. The fourth-order valence-corrected chi connectivity index (χ4v) is 2.79. The van der Waals surface area contributed by atoms with Crippen LogP contribution < -0.4 is 0 Å². The first-order valence-electron chi connectivity index (χ1n) is 6.77. The molecule has 0 radical (unpaired) electrons. The molecule has 2 rings (SSSR count). The summed E-state index contributed by atoms with van der Waals surface area (Å²) < 4.78 is 14.4. The molecular weight excluding hydrogens is 321 g/mol. The summed E-state index contributed by atoms with van der Waals surface area (Å²) in [6.07, 6.45) is 2.78. The highest BCUT2D eigenvalue weighted by molar-refractivity contribution is 7.50. The topological polar surface area (TPSA) is 127 Å². The Balaban J connectivity index is 2.44. The number of carbonyl (C=O) groups excluding carboxylic acids is 1. The van der Waals surface area contributed by atoms with E-state index in [2.05, 4.69) is 4.76 Å². The second-order valence-electron chi connectivity index (χ2n) is 5.11. The normalized spacial score (nSPS) is 18.3. The largest absolute Gasteiger partial charge is 0.508 e. The predicted molar refractivity (Wildman–Crippen MR) is 84.4 cm³/mol. The Kier molecular flexibility index (Phi) is 4.85. The fourth-order valence-electron chi connectivity index (χ4n) is 2.29. The molecule has 1 atom stereocenters. The molecular formula is C15H16NO6P. The van der Waals surface area contributed by atoms with Crippen molar-refractivity contribution in [1.82, 2.24) is 0 Å². The van der Waals surface area contributed by atoms with Gasteiger partial charge in [0.15, 0.2) is 5.78 Å². The number of hydrogen-bond acceptors (Lipinski definition) is 4. The van der Waals surface area contributed by atoms with E-state index in [9.17, 15) is 19.6 Å². The number of rotatable bonds is 4. The lowest BCUT2D eigenvalue weighted by Crippen LogP contribution is -2.22. The van der Waals surface area contributed by atoms with Gasteiger partial charge in [-0.2, -0.15) is 4.76 Å². The minimum Gasteiger partial charge on any atom is -0.508 e. The van der Waals surface area contributed by atoms with Gasteiger partial charge in [0.25, 0.3) is 0 Å². The molecule has 0 aromatic heterocycles. The van der Waals surface area contributed by atoms with Gasteiger partial charge in [0, 0.05) is 12.3 Å². The Morgan fingerprint density at radius 1 is 1.30 bits per heavy atom. The fraction of sp³-hybridized carbons (Fsp3) is 0.200. The molecule has 1 aromatic carbocycles. The molecule has 4 N–H and O–H groups in total. The van der Waals surface area contributed by atoms with Crippen LogP contribution in [0.2, 0.25) is 0 Å². The summed E-state index contributed by atoms with van der Waals surface area (Å²) in [7, 11) is -4.73. The number of nitrogens with zero attached hydrogens (tertiary/aromatic N) is 1. The second-order valence-corrected chi connectivity index (χ2v) is 6.33.